The number of rotatable bonds is 7. The number of pyridine rings is 1. The first kappa shape index (κ1) is 22.0. The Hall–Kier alpha value is -2.72. The Morgan fingerprint density at radius 3 is 2.40 bits per heavy atom. The van der Waals surface area contributed by atoms with Crippen molar-refractivity contribution in [1.82, 2.24) is 9.88 Å². The molecule has 3 rings (SSSR count). The summed E-state index contributed by atoms with van der Waals surface area (Å²) < 4.78 is 36.5. The summed E-state index contributed by atoms with van der Waals surface area (Å²) in [5.74, 6) is -0.365. The Bertz CT molecular complexity index is 1000. The Labute approximate surface area is 175 Å². The van der Waals surface area contributed by atoms with Crippen LogP contribution in [0.1, 0.15) is 32.3 Å². The van der Waals surface area contributed by atoms with Crippen LogP contribution in [0.3, 0.4) is 0 Å². The van der Waals surface area contributed by atoms with Gasteiger partial charge in [-0.05, 0) is 45.7 Å². The molecule has 162 valence electrons. The Morgan fingerprint density at radius 1 is 1.20 bits per heavy atom. The average Bonchev–Trinajstić information content (AvgIpc) is 2.69. The Balaban J connectivity index is 1.84. The Morgan fingerprint density at radius 2 is 1.83 bits per heavy atom. The van der Waals surface area contributed by atoms with Gasteiger partial charge in [0.2, 0.25) is 5.75 Å². The van der Waals surface area contributed by atoms with Gasteiger partial charge in [-0.15, -0.1) is 0 Å². The van der Waals surface area contributed by atoms with Crippen molar-refractivity contribution in [2.24, 2.45) is 0 Å². The van der Waals surface area contributed by atoms with E-state index in [9.17, 15) is 18.5 Å². The van der Waals surface area contributed by atoms with E-state index in [0.717, 1.165) is 43.8 Å². The lowest BCUT2D eigenvalue weighted by atomic mass is 10.1. The van der Waals surface area contributed by atoms with Crippen LogP contribution in [-0.2, 0) is 10.1 Å². The van der Waals surface area contributed by atoms with Gasteiger partial charge in [0.05, 0.1) is 11.0 Å². The van der Waals surface area contributed by atoms with Gasteiger partial charge in [0.1, 0.15) is 17.2 Å². The van der Waals surface area contributed by atoms with Gasteiger partial charge < -0.3 is 13.8 Å². The van der Waals surface area contributed by atoms with E-state index < -0.39 is 15.0 Å². The number of piperidine rings is 1. The van der Waals surface area contributed by atoms with Crippen LogP contribution in [0.5, 0.6) is 11.6 Å². The number of ether oxygens (including phenoxy) is 1. The third kappa shape index (κ3) is 5.25. The second-order valence-corrected chi connectivity index (χ2v) is 9.10. The molecule has 30 heavy (non-hydrogen) atoms. The van der Waals surface area contributed by atoms with E-state index in [1.807, 2.05) is 6.92 Å². The standard InChI is InChI=1S/C20H25N3O6S/c1-14(2)22-10-8-17(9-11-22)28-20-19(12-16(13-21-20)23(24)25)29-30(26,27)18-6-4-15(3)5-7-18/h4-7,12-14,17H,8-11H2,1-3H3. The quantitative estimate of drug-likeness (QED) is 0.370. The molecular formula is C20H25N3O6S. The summed E-state index contributed by atoms with van der Waals surface area (Å²) in [5.41, 5.74) is 0.508. The molecule has 1 aromatic carbocycles. The minimum absolute atomic E-state index is 0.0594. The lowest BCUT2D eigenvalue weighted by molar-refractivity contribution is -0.385. The minimum Gasteiger partial charge on any atom is -0.472 e. The highest BCUT2D eigenvalue weighted by Crippen LogP contribution is 2.33. The van der Waals surface area contributed by atoms with Crippen molar-refractivity contribution in [3.8, 4) is 11.6 Å². The van der Waals surface area contributed by atoms with Crippen LogP contribution in [0.25, 0.3) is 0 Å². The third-order valence-electron chi connectivity index (χ3n) is 5.01. The summed E-state index contributed by atoms with van der Waals surface area (Å²) >= 11 is 0. The number of hydrogen-bond acceptors (Lipinski definition) is 8. The molecule has 0 amide bonds. The largest absolute Gasteiger partial charge is 0.472 e. The maximum Gasteiger partial charge on any atom is 0.339 e. The molecule has 2 aromatic rings. The van der Waals surface area contributed by atoms with Gasteiger partial charge >= 0.3 is 10.1 Å². The highest BCUT2D eigenvalue weighted by atomic mass is 32.2. The van der Waals surface area contributed by atoms with Crippen LogP contribution in [0.2, 0.25) is 0 Å². The van der Waals surface area contributed by atoms with E-state index in [-0.39, 0.29) is 28.3 Å². The van der Waals surface area contributed by atoms with Gasteiger partial charge in [0, 0.05) is 19.1 Å². The summed E-state index contributed by atoms with van der Waals surface area (Å²) in [4.78, 5) is 16.7. The molecule has 0 aliphatic carbocycles. The molecule has 2 heterocycles. The number of hydrogen-bond donors (Lipinski definition) is 0. The topological polar surface area (TPSA) is 112 Å². The summed E-state index contributed by atoms with van der Waals surface area (Å²) in [5, 5.41) is 11.1. The molecule has 1 aliphatic heterocycles. The molecular weight excluding hydrogens is 410 g/mol. The number of aryl methyl sites for hydroxylation is 1. The smallest absolute Gasteiger partial charge is 0.339 e. The summed E-state index contributed by atoms with van der Waals surface area (Å²) in [6.45, 7) is 7.76. The molecule has 0 atom stereocenters. The molecule has 0 N–H and O–H groups in total. The van der Waals surface area contributed by atoms with Crippen molar-refractivity contribution in [3.63, 3.8) is 0 Å². The first-order chi connectivity index (χ1) is 14.2. The SMILES string of the molecule is Cc1ccc(S(=O)(=O)Oc2cc([N+](=O)[O-])cnc2OC2CCN(C(C)C)CC2)cc1. The lowest BCUT2D eigenvalue weighted by Crippen LogP contribution is -2.41. The molecule has 0 unspecified atom stereocenters. The fourth-order valence-corrected chi connectivity index (χ4v) is 4.13. The molecule has 0 bridgehead atoms. The molecule has 1 saturated heterocycles. The Kier molecular flexibility index (Phi) is 6.57. The predicted octanol–water partition coefficient (Wildman–Crippen LogP) is 3.32. The molecule has 10 heteroatoms. The van der Waals surface area contributed by atoms with E-state index in [1.54, 1.807) is 12.1 Å². The molecule has 0 radical (unpaired) electrons. The molecule has 1 aliphatic rings. The fraction of sp³-hybridized carbons (Fsp3) is 0.450. The first-order valence-electron chi connectivity index (χ1n) is 9.72. The zero-order chi connectivity index (χ0) is 21.9. The van der Waals surface area contributed by atoms with Gasteiger partial charge in [-0.25, -0.2) is 4.98 Å². The van der Waals surface area contributed by atoms with E-state index >= 15 is 0 Å². The van der Waals surface area contributed by atoms with Crippen molar-refractivity contribution in [1.29, 1.82) is 0 Å². The molecule has 0 spiro atoms. The molecule has 9 nitrogen and oxygen atoms in total. The minimum atomic E-state index is -4.21. The van der Waals surface area contributed by atoms with Gasteiger partial charge in [-0.1, -0.05) is 17.7 Å². The summed E-state index contributed by atoms with van der Waals surface area (Å²) in [6.07, 6.45) is 2.32. The van der Waals surface area contributed by atoms with Crippen molar-refractivity contribution in [2.45, 2.75) is 50.7 Å². The van der Waals surface area contributed by atoms with Crippen molar-refractivity contribution in [3.05, 3.63) is 52.2 Å². The maximum absolute atomic E-state index is 12.7. The summed E-state index contributed by atoms with van der Waals surface area (Å²) in [6, 6.07) is 7.57. The van der Waals surface area contributed by atoms with Crippen LogP contribution >= 0.6 is 0 Å². The average molecular weight is 436 g/mol. The van der Waals surface area contributed by atoms with Crippen molar-refractivity contribution in [2.75, 3.05) is 13.1 Å². The lowest BCUT2D eigenvalue weighted by Gasteiger charge is -2.34. The van der Waals surface area contributed by atoms with Gasteiger partial charge in [0.15, 0.2) is 0 Å². The van der Waals surface area contributed by atoms with Crippen LogP contribution in [0, 0.1) is 17.0 Å². The number of likely N-dealkylation sites (tertiary alicyclic amines) is 1. The summed E-state index contributed by atoms with van der Waals surface area (Å²) in [7, 11) is -4.21. The third-order valence-corrected chi connectivity index (χ3v) is 6.26. The highest BCUT2D eigenvalue weighted by molar-refractivity contribution is 7.87. The van der Waals surface area contributed by atoms with Crippen LogP contribution < -0.4 is 8.92 Å². The normalized spacial score (nSPS) is 15.9. The van der Waals surface area contributed by atoms with E-state index in [1.165, 1.54) is 12.1 Å². The second kappa shape index (κ2) is 8.97. The van der Waals surface area contributed by atoms with Gasteiger partial charge in [0.25, 0.3) is 11.6 Å². The zero-order valence-corrected chi connectivity index (χ0v) is 18.0. The van der Waals surface area contributed by atoms with E-state index in [2.05, 4.69) is 23.7 Å². The highest BCUT2D eigenvalue weighted by Gasteiger charge is 2.27. The molecule has 1 fully saturated rings. The van der Waals surface area contributed by atoms with Crippen LogP contribution in [-0.4, -0.2) is 48.5 Å². The number of aromatic nitrogens is 1. The van der Waals surface area contributed by atoms with Crippen LogP contribution in [0.15, 0.2) is 41.4 Å². The number of nitrogens with zero attached hydrogens (tertiary/aromatic N) is 3. The first-order valence-corrected chi connectivity index (χ1v) is 11.1. The monoisotopic (exact) mass is 435 g/mol. The van der Waals surface area contributed by atoms with Gasteiger partial charge in [-0.2, -0.15) is 8.42 Å². The van der Waals surface area contributed by atoms with Crippen molar-refractivity contribution >= 4 is 15.8 Å². The molecule has 0 saturated carbocycles. The van der Waals surface area contributed by atoms with Gasteiger partial charge in [-0.3, -0.25) is 10.1 Å². The van der Waals surface area contributed by atoms with Crippen molar-refractivity contribution < 1.29 is 22.3 Å². The second-order valence-electron chi connectivity index (χ2n) is 7.55. The maximum atomic E-state index is 12.7. The zero-order valence-electron chi connectivity index (χ0n) is 17.1. The fourth-order valence-electron chi connectivity index (χ4n) is 3.21. The van der Waals surface area contributed by atoms with Crippen LogP contribution in [0.4, 0.5) is 5.69 Å². The van der Waals surface area contributed by atoms with E-state index in [0.29, 0.717) is 6.04 Å². The predicted molar refractivity (Wildman–Crippen MR) is 110 cm³/mol. The van der Waals surface area contributed by atoms with E-state index in [4.69, 9.17) is 8.92 Å². The number of benzene rings is 1. The molecule has 1 aromatic heterocycles. The number of nitro groups is 1.